The number of benzene rings is 2. The van der Waals surface area contributed by atoms with Gasteiger partial charge >= 0.3 is 0 Å². The zero-order valence-corrected chi connectivity index (χ0v) is 20.2. The third kappa shape index (κ3) is 4.23. The second kappa shape index (κ2) is 7.95. The van der Waals surface area contributed by atoms with Crippen molar-refractivity contribution in [3.63, 3.8) is 0 Å². The van der Waals surface area contributed by atoms with E-state index in [-0.39, 0.29) is 24.0 Å². The summed E-state index contributed by atoms with van der Waals surface area (Å²) < 4.78 is 1.03. The molecule has 0 heterocycles. The first-order valence-electron chi connectivity index (χ1n) is 10.4. The predicted molar refractivity (Wildman–Crippen MR) is 115 cm³/mol. The number of likely N-dealkylation sites (N-methyl/N-ethyl adjacent to an activating group) is 1. The lowest BCUT2D eigenvalue weighted by Crippen LogP contribution is -3.00. The van der Waals surface area contributed by atoms with E-state index in [4.69, 9.17) is 0 Å². The number of halogens is 1. The largest absolute Gasteiger partial charge is 1.00 e. The molecule has 0 spiro atoms. The highest BCUT2D eigenvalue weighted by Crippen LogP contribution is 2.59. The van der Waals surface area contributed by atoms with E-state index in [1.807, 2.05) is 0 Å². The molecule has 0 radical (unpaired) electrons. The zero-order valence-electron chi connectivity index (χ0n) is 18.0. The van der Waals surface area contributed by atoms with Gasteiger partial charge in [0.05, 0.1) is 14.1 Å². The van der Waals surface area contributed by atoms with Gasteiger partial charge in [-0.25, -0.2) is 0 Å². The van der Waals surface area contributed by atoms with E-state index in [0.29, 0.717) is 5.41 Å². The average molecular weight is 487 g/mol. The molecule has 3 aliphatic carbocycles. The number of nitrogens with zero attached hydrogens (tertiary/aromatic N) is 1. The molecule has 1 fully saturated rings. The Hall–Kier alpha value is -1.13. The summed E-state index contributed by atoms with van der Waals surface area (Å²) in [7, 11) is 4.76. The third-order valence-electron chi connectivity index (χ3n) is 7.11. The van der Waals surface area contributed by atoms with E-state index in [2.05, 4.69) is 89.5 Å². The fraction of sp³-hybridized carbons (Fsp3) is 0.462. The molecule has 2 bridgehead atoms. The van der Waals surface area contributed by atoms with Gasteiger partial charge in [-0.05, 0) is 53.7 Å². The number of fused-ring (bicyclic) bond motifs is 1. The maximum Gasteiger partial charge on any atom is 0.104 e. The minimum atomic E-state index is 0. The van der Waals surface area contributed by atoms with Gasteiger partial charge in [-0.3, -0.25) is 0 Å². The number of hydrogen-bond acceptors (Lipinski definition) is 0. The summed E-state index contributed by atoms with van der Waals surface area (Å²) >= 11 is 0. The van der Waals surface area contributed by atoms with Crippen LogP contribution in [0, 0.1) is 24.2 Å². The molecule has 1 saturated carbocycles. The van der Waals surface area contributed by atoms with Gasteiger partial charge in [-0.1, -0.05) is 74.0 Å². The second-order valence-electron chi connectivity index (χ2n) is 10.1. The second-order valence-corrected chi connectivity index (χ2v) is 10.1. The number of rotatable bonds is 5. The van der Waals surface area contributed by atoms with Crippen molar-refractivity contribution in [2.24, 2.45) is 17.3 Å². The van der Waals surface area contributed by atoms with E-state index in [1.54, 1.807) is 5.57 Å². The van der Waals surface area contributed by atoms with Crippen molar-refractivity contribution in [3.8, 4) is 11.1 Å². The monoisotopic (exact) mass is 487 g/mol. The molecule has 5 rings (SSSR count). The molecule has 2 heteroatoms. The Bertz CT molecular complexity index is 860. The fourth-order valence-corrected chi connectivity index (χ4v) is 5.33. The lowest BCUT2D eigenvalue weighted by atomic mass is 9.49. The van der Waals surface area contributed by atoms with Gasteiger partial charge in [0.15, 0.2) is 0 Å². The fourth-order valence-electron chi connectivity index (χ4n) is 5.33. The van der Waals surface area contributed by atoms with E-state index in [9.17, 15) is 0 Å². The van der Waals surface area contributed by atoms with Crippen LogP contribution in [-0.2, 0) is 6.54 Å². The Morgan fingerprint density at radius 2 is 1.68 bits per heavy atom. The molecule has 28 heavy (non-hydrogen) atoms. The number of aryl methyl sites for hydroxylation is 1. The maximum absolute atomic E-state index is 2.56. The first-order valence-corrected chi connectivity index (χ1v) is 10.4. The van der Waals surface area contributed by atoms with Gasteiger partial charge in [0.2, 0.25) is 0 Å². The van der Waals surface area contributed by atoms with Gasteiger partial charge in [0, 0.05) is 5.56 Å². The summed E-state index contributed by atoms with van der Waals surface area (Å²) in [6.07, 6.45) is 5.28. The van der Waals surface area contributed by atoms with Crippen LogP contribution in [-0.4, -0.2) is 25.1 Å². The van der Waals surface area contributed by atoms with Crippen LogP contribution < -0.4 is 24.0 Å². The summed E-state index contributed by atoms with van der Waals surface area (Å²) in [6, 6.07) is 18.0. The Kier molecular flexibility index (Phi) is 6.12. The van der Waals surface area contributed by atoms with Crippen LogP contribution in [0.5, 0.6) is 0 Å². The molecule has 1 nitrogen and oxygen atoms in total. The highest BCUT2D eigenvalue weighted by atomic mass is 127. The average Bonchev–Trinajstić information content (AvgIpc) is 2.61. The Labute approximate surface area is 188 Å². The SMILES string of the molecule is Cc1cccc(-c2ccc(C[N+](C)(C)CC3=CC[C@H]4C[C@@H]3C4(C)C)cc2)c1.[I-]. The van der Waals surface area contributed by atoms with Gasteiger partial charge in [0.25, 0.3) is 0 Å². The minimum Gasteiger partial charge on any atom is -1.00 e. The highest BCUT2D eigenvalue weighted by molar-refractivity contribution is 5.64. The predicted octanol–water partition coefficient (Wildman–Crippen LogP) is 3.23. The first-order chi connectivity index (χ1) is 12.7. The summed E-state index contributed by atoms with van der Waals surface area (Å²) in [5, 5.41) is 0. The van der Waals surface area contributed by atoms with Gasteiger partial charge < -0.3 is 28.5 Å². The van der Waals surface area contributed by atoms with E-state index >= 15 is 0 Å². The Balaban J connectivity index is 0.00000225. The molecule has 2 aromatic rings. The van der Waals surface area contributed by atoms with Crippen LogP contribution in [0.15, 0.2) is 60.2 Å². The van der Waals surface area contributed by atoms with Gasteiger partial charge in [-0.2, -0.15) is 0 Å². The highest BCUT2D eigenvalue weighted by Gasteiger charge is 2.52. The molecule has 2 aromatic carbocycles. The van der Waals surface area contributed by atoms with Gasteiger partial charge in [0.1, 0.15) is 13.1 Å². The molecular formula is C26H34IN. The lowest BCUT2D eigenvalue weighted by Gasteiger charge is -2.57. The number of quaternary nitrogens is 1. The summed E-state index contributed by atoms with van der Waals surface area (Å²) in [4.78, 5) is 0. The molecule has 3 aliphatic rings. The number of hydrogen-bond donors (Lipinski definition) is 0. The van der Waals surface area contributed by atoms with Crippen molar-refractivity contribution in [1.82, 2.24) is 0 Å². The molecule has 0 saturated heterocycles. The lowest BCUT2D eigenvalue weighted by molar-refractivity contribution is -0.899. The molecule has 0 aliphatic heterocycles. The normalized spacial score (nSPS) is 22.7. The molecule has 0 amide bonds. The smallest absolute Gasteiger partial charge is 0.104 e. The van der Waals surface area contributed by atoms with Crippen molar-refractivity contribution in [2.75, 3.05) is 20.6 Å². The van der Waals surface area contributed by atoms with Crippen molar-refractivity contribution < 1.29 is 28.5 Å². The minimum absolute atomic E-state index is 0. The topological polar surface area (TPSA) is 0 Å². The maximum atomic E-state index is 2.56. The van der Waals surface area contributed by atoms with Crippen molar-refractivity contribution in [1.29, 1.82) is 0 Å². The van der Waals surface area contributed by atoms with E-state index in [0.717, 1.165) is 22.9 Å². The summed E-state index contributed by atoms with van der Waals surface area (Å²) in [6.45, 7) is 9.37. The number of allylic oxidation sites excluding steroid dienone is 1. The Morgan fingerprint density at radius 3 is 2.29 bits per heavy atom. The van der Waals surface area contributed by atoms with Crippen LogP contribution in [0.2, 0.25) is 0 Å². The summed E-state index contributed by atoms with van der Waals surface area (Å²) in [5.41, 5.74) is 7.60. The summed E-state index contributed by atoms with van der Waals surface area (Å²) in [5.74, 6) is 1.74. The van der Waals surface area contributed by atoms with Crippen LogP contribution in [0.25, 0.3) is 11.1 Å². The van der Waals surface area contributed by atoms with Crippen molar-refractivity contribution >= 4 is 0 Å². The van der Waals surface area contributed by atoms with Crippen LogP contribution >= 0.6 is 0 Å². The van der Waals surface area contributed by atoms with E-state index < -0.39 is 0 Å². The molecule has 0 N–H and O–H groups in total. The zero-order chi connectivity index (χ0) is 19.2. The van der Waals surface area contributed by atoms with Crippen molar-refractivity contribution in [2.45, 2.75) is 40.2 Å². The Morgan fingerprint density at radius 1 is 0.964 bits per heavy atom. The molecule has 0 aromatic heterocycles. The van der Waals surface area contributed by atoms with Crippen LogP contribution in [0.3, 0.4) is 0 Å². The van der Waals surface area contributed by atoms with Crippen LogP contribution in [0.4, 0.5) is 0 Å². The van der Waals surface area contributed by atoms with E-state index in [1.165, 1.54) is 41.6 Å². The van der Waals surface area contributed by atoms with Crippen molar-refractivity contribution in [3.05, 3.63) is 71.3 Å². The third-order valence-corrected chi connectivity index (χ3v) is 7.11. The molecular weight excluding hydrogens is 453 g/mol. The van der Waals surface area contributed by atoms with Crippen LogP contribution in [0.1, 0.15) is 37.8 Å². The molecule has 2 atom stereocenters. The standard InChI is InChI=1S/C26H34N.HI/c1-19-7-6-8-22(15-19)21-11-9-20(10-12-21)17-27(4,5)18-23-13-14-24-16-25(23)26(24,2)3;/h6-13,15,24-25H,14,16-18H2,1-5H3;1H/q+1;/p-1/t24-,25-;/m0./s1. The quantitative estimate of drug-likeness (QED) is 0.345. The van der Waals surface area contributed by atoms with Gasteiger partial charge in [-0.15, -0.1) is 0 Å². The first kappa shape index (κ1) is 21.6. The molecule has 0 unspecified atom stereocenters. The molecule has 150 valence electrons.